The summed E-state index contributed by atoms with van der Waals surface area (Å²) in [5, 5.41) is 0. The lowest BCUT2D eigenvalue weighted by atomic mass is 9.73. The monoisotopic (exact) mass is 364 g/mol. The zero-order chi connectivity index (χ0) is 18.2. The first-order valence-corrected chi connectivity index (χ1v) is 11.9. The van der Waals surface area contributed by atoms with Crippen molar-refractivity contribution >= 4 is 0 Å². The highest BCUT2D eigenvalue weighted by atomic mass is 16.5. The molecule has 4 bridgehead atoms. The molecule has 3 aliphatic rings. The van der Waals surface area contributed by atoms with E-state index in [-0.39, 0.29) is 0 Å². The molecular weight excluding hydrogens is 320 g/mol. The van der Waals surface area contributed by atoms with Gasteiger partial charge in [-0.1, -0.05) is 51.4 Å². The molecule has 26 heavy (non-hydrogen) atoms. The van der Waals surface area contributed by atoms with Crippen molar-refractivity contribution in [3.05, 3.63) is 0 Å². The van der Waals surface area contributed by atoms with Crippen molar-refractivity contribution in [1.82, 2.24) is 0 Å². The first-order valence-electron chi connectivity index (χ1n) is 11.9. The van der Waals surface area contributed by atoms with Crippen LogP contribution >= 0.6 is 0 Å². The predicted molar refractivity (Wildman–Crippen MR) is 109 cm³/mol. The predicted octanol–water partition coefficient (Wildman–Crippen LogP) is 6.76. The van der Waals surface area contributed by atoms with Crippen LogP contribution in [0.3, 0.4) is 0 Å². The maximum atomic E-state index is 6.04. The Labute approximate surface area is 162 Å². The van der Waals surface area contributed by atoms with Crippen LogP contribution in [-0.2, 0) is 9.47 Å². The van der Waals surface area contributed by atoms with Crippen molar-refractivity contribution in [3.8, 4) is 0 Å². The number of rotatable bonds is 2. The standard InChI is InChI=1S/C24H44O2/c1-25-23-19-11-5-3-7-13-21-17-10-18-22(24(21)26-2)14-8-4-6-12-20(23)16-9-15-19/h19-24H,3-18H2,1-2H3. The van der Waals surface area contributed by atoms with Crippen molar-refractivity contribution in [2.45, 2.75) is 115 Å². The van der Waals surface area contributed by atoms with Crippen molar-refractivity contribution < 1.29 is 9.47 Å². The van der Waals surface area contributed by atoms with Gasteiger partial charge in [-0.05, 0) is 75.0 Å². The molecule has 4 unspecified atom stereocenters. The number of ether oxygens (including phenoxy) is 2. The highest BCUT2D eigenvalue weighted by Crippen LogP contribution is 2.40. The third-order valence-electron chi connectivity index (χ3n) is 8.00. The normalized spacial score (nSPS) is 40.8. The topological polar surface area (TPSA) is 18.5 Å². The van der Waals surface area contributed by atoms with E-state index in [4.69, 9.17) is 9.47 Å². The van der Waals surface area contributed by atoms with E-state index in [1.165, 1.54) is 103 Å². The summed E-state index contributed by atoms with van der Waals surface area (Å²) in [6.07, 6.45) is 23.7. The molecular formula is C24H44O2. The molecule has 152 valence electrons. The van der Waals surface area contributed by atoms with Gasteiger partial charge in [0.2, 0.25) is 0 Å². The minimum absolute atomic E-state index is 0.550. The van der Waals surface area contributed by atoms with Crippen molar-refractivity contribution in [3.63, 3.8) is 0 Å². The van der Waals surface area contributed by atoms with Crippen LogP contribution in [0.2, 0.25) is 0 Å². The molecule has 0 saturated heterocycles. The molecule has 3 rings (SSSR count). The number of hydrogen-bond donors (Lipinski definition) is 0. The molecule has 0 aromatic heterocycles. The Hall–Kier alpha value is -0.0800. The number of hydrogen-bond acceptors (Lipinski definition) is 2. The SMILES string of the molecule is COC1C2CCCCCC3CCCC(CCCCCC1CCC2)C3OC. The van der Waals surface area contributed by atoms with E-state index in [2.05, 4.69) is 0 Å². The molecule has 2 nitrogen and oxygen atoms in total. The van der Waals surface area contributed by atoms with E-state index in [0.717, 1.165) is 23.7 Å². The Morgan fingerprint density at radius 3 is 0.923 bits per heavy atom. The van der Waals surface area contributed by atoms with Crippen molar-refractivity contribution in [2.24, 2.45) is 23.7 Å². The van der Waals surface area contributed by atoms with Crippen LogP contribution in [0.1, 0.15) is 103 Å². The highest BCUT2D eigenvalue weighted by molar-refractivity contribution is 4.85. The minimum atomic E-state index is 0.550. The Morgan fingerprint density at radius 2 is 0.654 bits per heavy atom. The first kappa shape index (κ1) is 20.6. The van der Waals surface area contributed by atoms with E-state index < -0.39 is 0 Å². The summed E-state index contributed by atoms with van der Waals surface area (Å²) >= 11 is 0. The molecule has 0 N–H and O–H groups in total. The van der Waals surface area contributed by atoms with Gasteiger partial charge in [-0.15, -0.1) is 0 Å². The van der Waals surface area contributed by atoms with Gasteiger partial charge in [-0.2, -0.15) is 0 Å². The van der Waals surface area contributed by atoms with E-state index in [9.17, 15) is 0 Å². The fourth-order valence-corrected chi connectivity index (χ4v) is 6.70. The van der Waals surface area contributed by atoms with Gasteiger partial charge in [-0.25, -0.2) is 0 Å². The van der Waals surface area contributed by atoms with Crippen LogP contribution in [0.15, 0.2) is 0 Å². The van der Waals surface area contributed by atoms with E-state index >= 15 is 0 Å². The zero-order valence-corrected chi connectivity index (χ0v) is 17.6. The lowest BCUT2D eigenvalue weighted by Crippen LogP contribution is -2.36. The van der Waals surface area contributed by atoms with E-state index in [0.29, 0.717) is 12.2 Å². The number of methoxy groups -OCH3 is 2. The molecule has 0 aliphatic heterocycles. The summed E-state index contributed by atoms with van der Waals surface area (Å²) in [4.78, 5) is 0. The summed E-state index contributed by atoms with van der Waals surface area (Å²) in [5.41, 5.74) is 0. The van der Waals surface area contributed by atoms with E-state index in [1.807, 2.05) is 14.2 Å². The molecule has 0 radical (unpaired) electrons. The van der Waals surface area contributed by atoms with Gasteiger partial charge in [-0.3, -0.25) is 0 Å². The van der Waals surface area contributed by atoms with Crippen molar-refractivity contribution in [2.75, 3.05) is 14.2 Å². The maximum Gasteiger partial charge on any atom is 0.0627 e. The van der Waals surface area contributed by atoms with Gasteiger partial charge < -0.3 is 9.47 Å². The smallest absolute Gasteiger partial charge is 0.0627 e. The van der Waals surface area contributed by atoms with Gasteiger partial charge in [0.25, 0.3) is 0 Å². The zero-order valence-electron chi connectivity index (χ0n) is 17.6. The van der Waals surface area contributed by atoms with Gasteiger partial charge in [0, 0.05) is 14.2 Å². The molecule has 4 atom stereocenters. The Balaban J connectivity index is 1.59. The average molecular weight is 365 g/mol. The van der Waals surface area contributed by atoms with Gasteiger partial charge >= 0.3 is 0 Å². The molecule has 0 aromatic carbocycles. The largest absolute Gasteiger partial charge is 0.381 e. The van der Waals surface area contributed by atoms with Gasteiger partial charge in [0.05, 0.1) is 12.2 Å². The molecule has 3 fully saturated rings. The Morgan fingerprint density at radius 1 is 0.385 bits per heavy atom. The second-order valence-corrected chi connectivity index (χ2v) is 9.58. The first-order chi connectivity index (χ1) is 12.8. The van der Waals surface area contributed by atoms with E-state index in [1.54, 1.807) is 0 Å². The Bertz CT molecular complexity index is 318. The van der Waals surface area contributed by atoms with Gasteiger partial charge in [0.1, 0.15) is 0 Å². The molecule has 3 aliphatic carbocycles. The molecule has 2 heteroatoms. The lowest BCUT2D eigenvalue weighted by Gasteiger charge is -2.39. The summed E-state index contributed by atoms with van der Waals surface area (Å²) < 4.78 is 12.1. The van der Waals surface area contributed by atoms with Crippen LogP contribution < -0.4 is 0 Å². The molecule has 0 heterocycles. The lowest BCUT2D eigenvalue weighted by molar-refractivity contribution is -0.0315. The van der Waals surface area contributed by atoms with Crippen LogP contribution in [-0.4, -0.2) is 26.4 Å². The Kier molecular flexibility index (Phi) is 8.78. The number of fused-ring (bicyclic) bond motifs is 4. The van der Waals surface area contributed by atoms with Crippen LogP contribution in [0.25, 0.3) is 0 Å². The third-order valence-corrected chi connectivity index (χ3v) is 8.00. The third kappa shape index (κ3) is 5.47. The van der Waals surface area contributed by atoms with Crippen molar-refractivity contribution in [1.29, 1.82) is 0 Å². The minimum Gasteiger partial charge on any atom is -0.381 e. The van der Waals surface area contributed by atoms with Gasteiger partial charge in [0.15, 0.2) is 0 Å². The fraction of sp³-hybridized carbons (Fsp3) is 1.00. The maximum absolute atomic E-state index is 6.04. The summed E-state index contributed by atoms with van der Waals surface area (Å²) in [5.74, 6) is 3.32. The second kappa shape index (κ2) is 11.1. The molecule has 0 amide bonds. The van der Waals surface area contributed by atoms with Crippen LogP contribution in [0.5, 0.6) is 0 Å². The van der Waals surface area contributed by atoms with Crippen LogP contribution in [0, 0.1) is 23.7 Å². The fourth-order valence-electron chi connectivity index (χ4n) is 6.70. The summed E-state index contributed by atoms with van der Waals surface area (Å²) in [6, 6.07) is 0. The average Bonchev–Trinajstić information content (AvgIpc) is 2.67. The summed E-state index contributed by atoms with van der Waals surface area (Å²) in [7, 11) is 3.95. The summed E-state index contributed by atoms with van der Waals surface area (Å²) in [6.45, 7) is 0. The second-order valence-electron chi connectivity index (χ2n) is 9.58. The molecule has 0 aromatic rings. The molecule has 0 spiro atoms. The molecule has 3 saturated carbocycles. The van der Waals surface area contributed by atoms with Crippen LogP contribution in [0.4, 0.5) is 0 Å². The quantitative estimate of drug-likeness (QED) is 0.538. The highest BCUT2D eigenvalue weighted by Gasteiger charge is 2.34.